The van der Waals surface area contributed by atoms with E-state index >= 15 is 0 Å². The molecule has 21 heavy (non-hydrogen) atoms. The van der Waals surface area contributed by atoms with Gasteiger partial charge in [-0.25, -0.2) is 9.18 Å². The molecule has 0 aromatic heterocycles. The predicted octanol–water partition coefficient (Wildman–Crippen LogP) is 2.63. The lowest BCUT2D eigenvalue weighted by molar-refractivity contribution is 0.0463. The molecule has 1 atom stereocenters. The summed E-state index contributed by atoms with van der Waals surface area (Å²) in [4.78, 5) is 12.0. The molecular weight excluding hydrogens is 271 g/mol. The van der Waals surface area contributed by atoms with Crippen LogP contribution in [0, 0.1) is 5.82 Å². The lowest BCUT2D eigenvalue weighted by atomic mass is 9.90. The average Bonchev–Trinajstić information content (AvgIpc) is 2.74. The highest BCUT2D eigenvalue weighted by Crippen LogP contribution is 2.22. The number of rotatable bonds is 3. The van der Waals surface area contributed by atoms with Gasteiger partial charge in [-0.15, -0.1) is 0 Å². The van der Waals surface area contributed by atoms with E-state index in [0.717, 1.165) is 18.5 Å². The third-order valence-corrected chi connectivity index (χ3v) is 3.44. The van der Waals surface area contributed by atoms with Crippen molar-refractivity contribution in [3.8, 4) is 0 Å². The van der Waals surface area contributed by atoms with Crippen molar-refractivity contribution in [2.75, 3.05) is 13.1 Å². The number of ether oxygens (including phenoxy) is 1. The van der Waals surface area contributed by atoms with Crippen molar-refractivity contribution in [3.63, 3.8) is 0 Å². The molecule has 1 unspecified atom stereocenters. The maximum Gasteiger partial charge on any atom is 0.408 e. The molecule has 116 valence electrons. The largest absolute Gasteiger partial charge is 0.444 e. The van der Waals surface area contributed by atoms with Gasteiger partial charge in [0.1, 0.15) is 11.4 Å². The third kappa shape index (κ3) is 4.70. The van der Waals surface area contributed by atoms with Crippen molar-refractivity contribution in [2.24, 2.45) is 0 Å². The molecule has 0 radical (unpaired) electrons. The minimum absolute atomic E-state index is 0.258. The van der Waals surface area contributed by atoms with Crippen LogP contribution in [0.1, 0.15) is 32.8 Å². The fourth-order valence-corrected chi connectivity index (χ4v) is 2.60. The Balaban J connectivity index is 2.08. The number of carbonyl (C=O) groups is 1. The van der Waals surface area contributed by atoms with Gasteiger partial charge in [0.2, 0.25) is 0 Å². The van der Waals surface area contributed by atoms with Crippen molar-refractivity contribution in [3.05, 3.63) is 35.6 Å². The quantitative estimate of drug-likeness (QED) is 0.901. The number of halogens is 1. The highest BCUT2D eigenvalue weighted by atomic mass is 19.1. The van der Waals surface area contributed by atoms with E-state index in [2.05, 4.69) is 10.6 Å². The van der Waals surface area contributed by atoms with Gasteiger partial charge in [-0.1, -0.05) is 12.1 Å². The van der Waals surface area contributed by atoms with Gasteiger partial charge in [0.25, 0.3) is 0 Å². The first-order chi connectivity index (χ1) is 9.78. The van der Waals surface area contributed by atoms with Crippen LogP contribution in [-0.2, 0) is 11.2 Å². The Kier molecular flexibility index (Phi) is 4.52. The van der Waals surface area contributed by atoms with Gasteiger partial charge >= 0.3 is 6.09 Å². The van der Waals surface area contributed by atoms with E-state index in [9.17, 15) is 9.18 Å². The van der Waals surface area contributed by atoms with Gasteiger partial charge in [0, 0.05) is 6.54 Å². The van der Waals surface area contributed by atoms with Crippen LogP contribution in [0.15, 0.2) is 24.3 Å². The second kappa shape index (κ2) is 6.02. The Morgan fingerprint density at radius 1 is 1.48 bits per heavy atom. The van der Waals surface area contributed by atoms with E-state index in [1.807, 2.05) is 26.8 Å². The van der Waals surface area contributed by atoms with Gasteiger partial charge in [-0.3, -0.25) is 0 Å². The lowest BCUT2D eigenvalue weighted by Crippen LogP contribution is -2.53. The first-order valence-electron chi connectivity index (χ1n) is 7.24. The molecule has 1 aliphatic rings. The molecule has 0 spiro atoms. The van der Waals surface area contributed by atoms with E-state index in [4.69, 9.17) is 4.74 Å². The smallest absolute Gasteiger partial charge is 0.408 e. The second-order valence-corrected chi connectivity index (χ2v) is 6.64. The topological polar surface area (TPSA) is 50.4 Å². The molecule has 1 aromatic carbocycles. The molecule has 0 saturated carbocycles. The van der Waals surface area contributed by atoms with E-state index in [-0.39, 0.29) is 5.82 Å². The lowest BCUT2D eigenvalue weighted by Gasteiger charge is -2.31. The molecule has 5 heteroatoms. The van der Waals surface area contributed by atoms with Crippen LogP contribution in [0.4, 0.5) is 9.18 Å². The van der Waals surface area contributed by atoms with Crippen LogP contribution in [0.25, 0.3) is 0 Å². The summed E-state index contributed by atoms with van der Waals surface area (Å²) in [5.74, 6) is -0.258. The summed E-state index contributed by atoms with van der Waals surface area (Å²) in [7, 11) is 0. The molecule has 0 bridgehead atoms. The zero-order valence-electron chi connectivity index (χ0n) is 12.8. The average molecular weight is 294 g/mol. The number of hydrogen-bond donors (Lipinski definition) is 2. The molecule has 1 aromatic rings. The zero-order chi connectivity index (χ0) is 15.5. The number of hydrogen-bond acceptors (Lipinski definition) is 3. The van der Waals surface area contributed by atoms with Crippen molar-refractivity contribution < 1.29 is 13.9 Å². The van der Waals surface area contributed by atoms with E-state index in [1.165, 1.54) is 12.1 Å². The Hall–Kier alpha value is -1.62. The summed E-state index contributed by atoms with van der Waals surface area (Å²) < 4.78 is 18.7. The van der Waals surface area contributed by atoms with Crippen LogP contribution in [-0.4, -0.2) is 30.3 Å². The second-order valence-electron chi connectivity index (χ2n) is 6.64. The Morgan fingerprint density at radius 2 is 2.24 bits per heavy atom. The van der Waals surface area contributed by atoms with Crippen molar-refractivity contribution >= 4 is 6.09 Å². The number of alkyl carbamates (subject to hydrolysis) is 1. The van der Waals surface area contributed by atoms with Gasteiger partial charge < -0.3 is 15.4 Å². The highest BCUT2D eigenvalue weighted by Gasteiger charge is 2.36. The molecule has 4 nitrogen and oxygen atoms in total. The molecular formula is C16H23FN2O2. The highest BCUT2D eigenvalue weighted by molar-refractivity contribution is 5.69. The number of nitrogens with one attached hydrogen (secondary N) is 2. The monoisotopic (exact) mass is 294 g/mol. The van der Waals surface area contributed by atoms with Crippen LogP contribution in [0.3, 0.4) is 0 Å². The van der Waals surface area contributed by atoms with Crippen molar-refractivity contribution in [2.45, 2.75) is 44.8 Å². The van der Waals surface area contributed by atoms with Crippen LogP contribution >= 0.6 is 0 Å². The SMILES string of the molecule is CC(C)(C)OC(=O)NC1(Cc2cccc(F)c2)CCNC1. The zero-order valence-corrected chi connectivity index (χ0v) is 12.8. The number of amides is 1. The van der Waals surface area contributed by atoms with Crippen LogP contribution in [0.5, 0.6) is 0 Å². The normalized spacial score (nSPS) is 22.1. The fraction of sp³-hybridized carbons (Fsp3) is 0.562. The van der Waals surface area contributed by atoms with Gasteiger partial charge in [0.05, 0.1) is 5.54 Å². The van der Waals surface area contributed by atoms with E-state index in [0.29, 0.717) is 13.0 Å². The molecule has 0 aliphatic carbocycles. The Morgan fingerprint density at radius 3 is 2.81 bits per heavy atom. The maximum absolute atomic E-state index is 13.3. The first-order valence-corrected chi connectivity index (χ1v) is 7.24. The van der Waals surface area contributed by atoms with Crippen LogP contribution in [0.2, 0.25) is 0 Å². The third-order valence-electron chi connectivity index (χ3n) is 3.44. The predicted molar refractivity (Wildman–Crippen MR) is 79.7 cm³/mol. The van der Waals surface area contributed by atoms with E-state index in [1.54, 1.807) is 6.07 Å². The summed E-state index contributed by atoms with van der Waals surface area (Å²) in [5, 5.41) is 6.22. The van der Waals surface area contributed by atoms with Gasteiger partial charge in [0.15, 0.2) is 0 Å². The summed E-state index contributed by atoms with van der Waals surface area (Å²) in [5.41, 5.74) is -0.0819. The molecule has 1 aliphatic heterocycles. The number of carbonyl (C=O) groups excluding carboxylic acids is 1. The number of benzene rings is 1. The summed E-state index contributed by atoms with van der Waals surface area (Å²) >= 11 is 0. The minimum atomic E-state index is -0.532. The van der Waals surface area contributed by atoms with E-state index < -0.39 is 17.2 Å². The molecule has 2 N–H and O–H groups in total. The summed E-state index contributed by atoms with van der Waals surface area (Å²) in [6.07, 6.45) is 0.947. The molecule has 1 amide bonds. The van der Waals surface area contributed by atoms with Crippen molar-refractivity contribution in [1.29, 1.82) is 0 Å². The Bertz CT molecular complexity index is 505. The molecule has 1 saturated heterocycles. The maximum atomic E-state index is 13.3. The van der Waals surface area contributed by atoms with Gasteiger partial charge in [-0.2, -0.15) is 0 Å². The fourth-order valence-electron chi connectivity index (χ4n) is 2.60. The summed E-state index contributed by atoms with van der Waals surface area (Å²) in [6.45, 7) is 6.98. The molecule has 1 heterocycles. The molecule has 2 rings (SSSR count). The van der Waals surface area contributed by atoms with Gasteiger partial charge in [-0.05, 0) is 57.9 Å². The van der Waals surface area contributed by atoms with Crippen molar-refractivity contribution in [1.82, 2.24) is 10.6 Å². The minimum Gasteiger partial charge on any atom is -0.444 e. The Labute approximate surface area is 125 Å². The summed E-state index contributed by atoms with van der Waals surface area (Å²) in [6, 6.07) is 6.50. The standard InChI is InChI=1S/C16H23FN2O2/c1-15(2,3)21-14(20)19-16(7-8-18-11-16)10-12-5-4-6-13(17)9-12/h4-6,9,18H,7-8,10-11H2,1-3H3,(H,19,20). The first kappa shape index (κ1) is 15.8. The molecule has 1 fully saturated rings. The van der Waals surface area contributed by atoms with Crippen LogP contribution < -0.4 is 10.6 Å².